The van der Waals surface area contributed by atoms with Crippen molar-refractivity contribution in [3.05, 3.63) is 59.5 Å². The third-order valence-corrected chi connectivity index (χ3v) is 3.76. The Balaban J connectivity index is 1.86. The molecule has 0 unspecified atom stereocenters. The van der Waals surface area contributed by atoms with Gasteiger partial charge in [-0.1, -0.05) is 11.6 Å². The number of aromatic nitrogens is 1. The van der Waals surface area contributed by atoms with Gasteiger partial charge in [0.15, 0.2) is 0 Å². The van der Waals surface area contributed by atoms with Crippen LogP contribution in [0.1, 0.15) is 0 Å². The van der Waals surface area contributed by atoms with Gasteiger partial charge in [0, 0.05) is 36.1 Å². The number of hydrogen-bond acceptors (Lipinski definition) is 4. The molecule has 0 radical (unpaired) electrons. The molecule has 1 aromatic heterocycles. The molecule has 2 aromatic carbocycles. The Morgan fingerprint density at radius 2 is 2.00 bits per heavy atom. The summed E-state index contributed by atoms with van der Waals surface area (Å²) in [6.45, 7) is 1.01. The standard InChI is InChI=1S/C18H16ClFN2O2/c1-23-8-9-24-13-3-4-14-17(6-7-21-18(14)11-13)22-12-2-5-16(20)15(19)10-12/h2-7,10-11H,8-9H2,1H3,(H,21,22). The molecule has 0 fully saturated rings. The minimum Gasteiger partial charge on any atom is -0.491 e. The van der Waals surface area contributed by atoms with Crippen LogP contribution >= 0.6 is 11.6 Å². The molecule has 0 aliphatic carbocycles. The van der Waals surface area contributed by atoms with E-state index in [2.05, 4.69) is 10.3 Å². The van der Waals surface area contributed by atoms with E-state index in [1.54, 1.807) is 25.4 Å². The van der Waals surface area contributed by atoms with Crippen molar-refractivity contribution in [1.82, 2.24) is 4.98 Å². The van der Waals surface area contributed by atoms with Gasteiger partial charge in [-0.05, 0) is 36.4 Å². The van der Waals surface area contributed by atoms with Gasteiger partial charge in [0.05, 0.1) is 17.1 Å². The van der Waals surface area contributed by atoms with Crippen molar-refractivity contribution < 1.29 is 13.9 Å². The summed E-state index contributed by atoms with van der Waals surface area (Å²) in [7, 11) is 1.63. The summed E-state index contributed by atoms with van der Waals surface area (Å²) in [5.41, 5.74) is 2.35. The van der Waals surface area contributed by atoms with Gasteiger partial charge in [-0.25, -0.2) is 4.39 Å². The number of anilines is 2. The number of hydrogen-bond donors (Lipinski definition) is 1. The molecule has 6 heteroatoms. The average molecular weight is 347 g/mol. The van der Waals surface area contributed by atoms with Gasteiger partial charge >= 0.3 is 0 Å². The Hall–Kier alpha value is -2.37. The smallest absolute Gasteiger partial charge is 0.141 e. The molecule has 4 nitrogen and oxygen atoms in total. The highest BCUT2D eigenvalue weighted by molar-refractivity contribution is 6.31. The maximum Gasteiger partial charge on any atom is 0.141 e. The lowest BCUT2D eigenvalue weighted by atomic mass is 10.1. The highest BCUT2D eigenvalue weighted by atomic mass is 35.5. The van der Waals surface area contributed by atoms with E-state index in [9.17, 15) is 4.39 Å². The fourth-order valence-corrected chi connectivity index (χ4v) is 2.48. The van der Waals surface area contributed by atoms with Gasteiger partial charge in [-0.3, -0.25) is 4.98 Å². The summed E-state index contributed by atoms with van der Waals surface area (Å²) in [6.07, 6.45) is 1.70. The second-order valence-corrected chi connectivity index (χ2v) is 5.54. The maximum atomic E-state index is 13.3. The summed E-state index contributed by atoms with van der Waals surface area (Å²) in [6, 6.07) is 12.0. The number of rotatable bonds is 6. The van der Waals surface area contributed by atoms with Crippen LogP contribution in [-0.2, 0) is 4.74 Å². The molecule has 24 heavy (non-hydrogen) atoms. The molecule has 0 saturated heterocycles. The van der Waals surface area contributed by atoms with Crippen molar-refractivity contribution in [2.45, 2.75) is 0 Å². The van der Waals surface area contributed by atoms with Crippen LogP contribution in [0.4, 0.5) is 15.8 Å². The van der Waals surface area contributed by atoms with Gasteiger partial charge in [0.2, 0.25) is 0 Å². The Morgan fingerprint density at radius 3 is 2.79 bits per heavy atom. The number of halogens is 2. The molecular weight excluding hydrogens is 331 g/mol. The van der Waals surface area contributed by atoms with Crippen LogP contribution in [0.3, 0.4) is 0 Å². The first-order valence-electron chi connectivity index (χ1n) is 7.40. The van der Waals surface area contributed by atoms with Gasteiger partial charge in [0.1, 0.15) is 18.2 Å². The Labute approximate surface area is 144 Å². The first-order valence-corrected chi connectivity index (χ1v) is 7.78. The van der Waals surface area contributed by atoms with Gasteiger partial charge in [0.25, 0.3) is 0 Å². The van der Waals surface area contributed by atoms with Gasteiger partial charge in [-0.2, -0.15) is 0 Å². The molecule has 3 aromatic rings. The zero-order valence-corrected chi connectivity index (χ0v) is 13.8. The second kappa shape index (κ2) is 7.47. The first kappa shape index (κ1) is 16.5. The predicted octanol–water partition coefficient (Wildman–Crippen LogP) is 4.80. The molecule has 0 aliphatic heterocycles. The number of ether oxygens (including phenoxy) is 2. The molecule has 0 spiro atoms. The Bertz CT molecular complexity index is 858. The fourth-order valence-electron chi connectivity index (χ4n) is 2.30. The van der Waals surface area contributed by atoms with Crippen molar-refractivity contribution >= 4 is 33.9 Å². The monoisotopic (exact) mass is 346 g/mol. The quantitative estimate of drug-likeness (QED) is 0.651. The largest absolute Gasteiger partial charge is 0.491 e. The summed E-state index contributed by atoms with van der Waals surface area (Å²) in [5.74, 6) is 0.286. The third-order valence-electron chi connectivity index (χ3n) is 3.47. The van der Waals surface area contributed by atoms with Crippen molar-refractivity contribution in [2.75, 3.05) is 25.6 Å². The lowest BCUT2D eigenvalue weighted by Gasteiger charge is -2.11. The normalized spacial score (nSPS) is 10.8. The molecular formula is C18H16ClFN2O2. The molecule has 0 bridgehead atoms. The van der Waals surface area contributed by atoms with Crippen LogP contribution < -0.4 is 10.1 Å². The number of fused-ring (bicyclic) bond motifs is 1. The molecule has 0 saturated carbocycles. The number of pyridine rings is 1. The van der Waals surface area contributed by atoms with Crippen LogP contribution in [0.15, 0.2) is 48.7 Å². The maximum absolute atomic E-state index is 13.3. The third kappa shape index (κ3) is 3.75. The van der Waals surface area contributed by atoms with Crippen molar-refractivity contribution in [3.63, 3.8) is 0 Å². The Morgan fingerprint density at radius 1 is 1.12 bits per heavy atom. The number of nitrogens with one attached hydrogen (secondary N) is 1. The Kier molecular flexibility index (Phi) is 5.13. The second-order valence-electron chi connectivity index (χ2n) is 5.13. The van der Waals surface area contributed by atoms with Crippen molar-refractivity contribution in [3.8, 4) is 5.75 Å². The summed E-state index contributed by atoms with van der Waals surface area (Å²) < 4.78 is 23.8. The van der Waals surface area contributed by atoms with E-state index in [-0.39, 0.29) is 5.02 Å². The van der Waals surface area contributed by atoms with E-state index in [1.807, 2.05) is 24.3 Å². The van der Waals surface area contributed by atoms with Crippen LogP contribution in [0, 0.1) is 5.82 Å². The molecule has 0 aliphatic rings. The lowest BCUT2D eigenvalue weighted by Crippen LogP contribution is -2.04. The van der Waals surface area contributed by atoms with E-state index in [4.69, 9.17) is 21.1 Å². The zero-order valence-electron chi connectivity index (χ0n) is 13.1. The summed E-state index contributed by atoms with van der Waals surface area (Å²) >= 11 is 5.83. The molecule has 0 amide bonds. The highest BCUT2D eigenvalue weighted by Gasteiger charge is 2.06. The van der Waals surface area contributed by atoms with E-state index in [1.165, 1.54) is 6.07 Å². The van der Waals surface area contributed by atoms with Crippen LogP contribution in [0.2, 0.25) is 5.02 Å². The summed E-state index contributed by atoms with van der Waals surface area (Å²) in [5, 5.41) is 4.24. The number of methoxy groups -OCH3 is 1. The fraction of sp³-hybridized carbons (Fsp3) is 0.167. The average Bonchev–Trinajstić information content (AvgIpc) is 2.58. The van der Waals surface area contributed by atoms with Crippen LogP contribution in [0.5, 0.6) is 5.75 Å². The van der Waals surface area contributed by atoms with E-state index >= 15 is 0 Å². The van der Waals surface area contributed by atoms with E-state index in [0.717, 1.165) is 22.3 Å². The molecule has 1 heterocycles. The topological polar surface area (TPSA) is 43.4 Å². The van der Waals surface area contributed by atoms with Crippen LogP contribution in [0.25, 0.3) is 10.9 Å². The summed E-state index contributed by atoms with van der Waals surface area (Å²) in [4.78, 5) is 4.37. The molecule has 3 rings (SSSR count). The molecule has 0 atom stereocenters. The van der Waals surface area contributed by atoms with Crippen LogP contribution in [-0.4, -0.2) is 25.3 Å². The van der Waals surface area contributed by atoms with E-state index in [0.29, 0.717) is 18.9 Å². The minimum absolute atomic E-state index is 0.0761. The number of nitrogens with zero attached hydrogens (tertiary/aromatic N) is 1. The predicted molar refractivity (Wildman–Crippen MR) is 93.8 cm³/mol. The minimum atomic E-state index is -0.445. The van der Waals surface area contributed by atoms with Gasteiger partial charge in [-0.15, -0.1) is 0 Å². The van der Waals surface area contributed by atoms with Gasteiger partial charge < -0.3 is 14.8 Å². The van der Waals surface area contributed by atoms with Crippen molar-refractivity contribution in [2.24, 2.45) is 0 Å². The molecule has 1 N–H and O–H groups in total. The van der Waals surface area contributed by atoms with Crippen molar-refractivity contribution in [1.29, 1.82) is 0 Å². The zero-order chi connectivity index (χ0) is 16.9. The molecule has 124 valence electrons. The highest BCUT2D eigenvalue weighted by Crippen LogP contribution is 2.29. The lowest BCUT2D eigenvalue weighted by molar-refractivity contribution is 0.146. The SMILES string of the molecule is COCCOc1ccc2c(Nc3ccc(F)c(Cl)c3)ccnc2c1. The van der Waals surface area contributed by atoms with E-state index < -0.39 is 5.82 Å². The first-order chi connectivity index (χ1) is 11.7. The number of benzene rings is 2.